The molecule has 3 aromatic rings. The average molecular weight is 393 g/mol. The monoisotopic (exact) mass is 393 g/mol. The Balaban J connectivity index is 1.55. The summed E-state index contributed by atoms with van der Waals surface area (Å²) >= 11 is 0. The molecular weight excluding hydrogens is 369 g/mol. The lowest BCUT2D eigenvalue weighted by molar-refractivity contribution is 0.0710. The fourth-order valence-electron chi connectivity index (χ4n) is 3.63. The Labute approximate surface area is 169 Å². The van der Waals surface area contributed by atoms with Crippen molar-refractivity contribution < 1.29 is 13.7 Å². The van der Waals surface area contributed by atoms with Crippen molar-refractivity contribution in [2.24, 2.45) is 0 Å². The molecule has 5 nitrogen and oxygen atoms in total. The molecule has 2 heterocycles. The molecule has 1 saturated heterocycles. The maximum atomic E-state index is 13.1. The molecule has 1 amide bonds. The topological polar surface area (TPSA) is 59.2 Å². The number of amides is 1. The van der Waals surface area contributed by atoms with Crippen LogP contribution >= 0.6 is 0 Å². The number of rotatable bonds is 3. The van der Waals surface area contributed by atoms with Gasteiger partial charge in [-0.25, -0.2) is 4.39 Å². The standard InChI is InChI=1S/C23H24FN3O2/c1-23(2,3)17-10-6-16(7-11-17)22(28)27-14-4-5-19(27)21-25-20(26-29-21)15-8-12-18(24)13-9-15/h6-13,19H,4-5,14H2,1-3H3. The highest BCUT2D eigenvalue weighted by molar-refractivity contribution is 5.94. The molecule has 2 aromatic carbocycles. The molecule has 0 N–H and O–H groups in total. The molecule has 29 heavy (non-hydrogen) atoms. The van der Waals surface area contributed by atoms with Crippen molar-refractivity contribution in [3.63, 3.8) is 0 Å². The molecule has 0 saturated carbocycles. The van der Waals surface area contributed by atoms with E-state index in [-0.39, 0.29) is 23.2 Å². The zero-order valence-electron chi connectivity index (χ0n) is 16.9. The molecule has 0 aliphatic carbocycles. The van der Waals surface area contributed by atoms with Gasteiger partial charge in [-0.05, 0) is 60.2 Å². The van der Waals surface area contributed by atoms with Gasteiger partial charge in [0.2, 0.25) is 11.7 Å². The normalized spacial score (nSPS) is 17.0. The Morgan fingerprint density at radius 1 is 1.10 bits per heavy atom. The van der Waals surface area contributed by atoms with Crippen LogP contribution in [0.1, 0.15) is 61.5 Å². The van der Waals surface area contributed by atoms with E-state index in [9.17, 15) is 9.18 Å². The number of likely N-dealkylation sites (tertiary alicyclic amines) is 1. The Morgan fingerprint density at radius 2 is 1.79 bits per heavy atom. The van der Waals surface area contributed by atoms with Gasteiger partial charge in [-0.3, -0.25) is 4.79 Å². The molecule has 1 aliphatic rings. The molecule has 0 bridgehead atoms. The average Bonchev–Trinajstić information content (AvgIpc) is 3.37. The van der Waals surface area contributed by atoms with Gasteiger partial charge in [0.25, 0.3) is 5.91 Å². The van der Waals surface area contributed by atoms with Gasteiger partial charge in [0, 0.05) is 17.7 Å². The third kappa shape index (κ3) is 3.92. The van der Waals surface area contributed by atoms with Gasteiger partial charge >= 0.3 is 0 Å². The van der Waals surface area contributed by atoms with Crippen LogP contribution in [0.3, 0.4) is 0 Å². The molecule has 1 fully saturated rings. The van der Waals surface area contributed by atoms with Gasteiger partial charge in [-0.15, -0.1) is 0 Å². The first-order valence-electron chi connectivity index (χ1n) is 9.84. The predicted molar refractivity (Wildman–Crippen MR) is 108 cm³/mol. The molecule has 1 aromatic heterocycles. The van der Waals surface area contributed by atoms with E-state index >= 15 is 0 Å². The summed E-state index contributed by atoms with van der Waals surface area (Å²) in [6.07, 6.45) is 1.65. The van der Waals surface area contributed by atoms with E-state index in [0.717, 1.165) is 12.8 Å². The summed E-state index contributed by atoms with van der Waals surface area (Å²) in [6.45, 7) is 7.09. The Bertz CT molecular complexity index is 1000. The molecule has 150 valence electrons. The first-order valence-corrected chi connectivity index (χ1v) is 9.84. The maximum Gasteiger partial charge on any atom is 0.254 e. The number of benzene rings is 2. The summed E-state index contributed by atoms with van der Waals surface area (Å²) in [6, 6.07) is 13.5. The summed E-state index contributed by atoms with van der Waals surface area (Å²) in [5.41, 5.74) is 2.56. The van der Waals surface area contributed by atoms with Crippen molar-refractivity contribution in [3.8, 4) is 11.4 Å². The van der Waals surface area contributed by atoms with E-state index in [4.69, 9.17) is 4.52 Å². The maximum absolute atomic E-state index is 13.1. The predicted octanol–water partition coefficient (Wildman–Crippen LogP) is 5.15. The van der Waals surface area contributed by atoms with Gasteiger partial charge in [-0.2, -0.15) is 4.98 Å². The minimum Gasteiger partial charge on any atom is -0.337 e. The van der Waals surface area contributed by atoms with Crippen molar-refractivity contribution in [1.29, 1.82) is 0 Å². The lowest BCUT2D eigenvalue weighted by Crippen LogP contribution is -2.30. The molecule has 1 atom stereocenters. The lowest BCUT2D eigenvalue weighted by Gasteiger charge is -2.23. The number of halogens is 1. The van der Waals surface area contributed by atoms with E-state index in [0.29, 0.717) is 29.4 Å². The summed E-state index contributed by atoms with van der Waals surface area (Å²) < 4.78 is 18.6. The molecule has 1 unspecified atom stereocenters. The van der Waals surface area contributed by atoms with E-state index in [1.165, 1.54) is 17.7 Å². The fourth-order valence-corrected chi connectivity index (χ4v) is 3.63. The molecule has 0 radical (unpaired) electrons. The van der Waals surface area contributed by atoms with Crippen LogP contribution in [-0.4, -0.2) is 27.5 Å². The highest BCUT2D eigenvalue weighted by Crippen LogP contribution is 2.33. The van der Waals surface area contributed by atoms with E-state index in [1.807, 2.05) is 24.3 Å². The van der Waals surface area contributed by atoms with Crippen LogP contribution in [0, 0.1) is 5.82 Å². The van der Waals surface area contributed by atoms with Crippen LogP contribution < -0.4 is 0 Å². The summed E-state index contributed by atoms with van der Waals surface area (Å²) in [5.74, 6) is 0.465. The second kappa shape index (κ2) is 7.43. The number of aromatic nitrogens is 2. The molecule has 1 aliphatic heterocycles. The van der Waals surface area contributed by atoms with Gasteiger partial charge < -0.3 is 9.42 Å². The van der Waals surface area contributed by atoms with Crippen LogP contribution in [0.15, 0.2) is 53.1 Å². The SMILES string of the molecule is CC(C)(C)c1ccc(C(=O)N2CCCC2c2nc(-c3ccc(F)cc3)no2)cc1. The second-order valence-corrected chi connectivity index (χ2v) is 8.45. The largest absolute Gasteiger partial charge is 0.337 e. The number of carbonyl (C=O) groups is 1. The molecule has 4 rings (SSSR count). The van der Waals surface area contributed by atoms with E-state index in [1.54, 1.807) is 17.0 Å². The van der Waals surface area contributed by atoms with Crippen LogP contribution in [0.4, 0.5) is 4.39 Å². The quantitative estimate of drug-likeness (QED) is 0.617. The number of nitrogens with zero attached hydrogens (tertiary/aromatic N) is 3. The van der Waals surface area contributed by atoms with Crippen LogP contribution in [0.25, 0.3) is 11.4 Å². The van der Waals surface area contributed by atoms with Crippen LogP contribution in [0.5, 0.6) is 0 Å². The van der Waals surface area contributed by atoms with E-state index < -0.39 is 0 Å². The minimum atomic E-state index is -0.317. The van der Waals surface area contributed by atoms with Crippen molar-refractivity contribution >= 4 is 5.91 Å². The van der Waals surface area contributed by atoms with Gasteiger partial charge in [-0.1, -0.05) is 38.1 Å². The van der Waals surface area contributed by atoms with Crippen molar-refractivity contribution in [2.45, 2.75) is 45.1 Å². The van der Waals surface area contributed by atoms with Crippen LogP contribution in [0.2, 0.25) is 0 Å². The summed E-state index contributed by atoms with van der Waals surface area (Å²) in [4.78, 5) is 19.4. The first-order chi connectivity index (χ1) is 13.8. The molecule has 6 heteroatoms. The van der Waals surface area contributed by atoms with Crippen molar-refractivity contribution in [2.75, 3.05) is 6.54 Å². The Hall–Kier alpha value is -3.02. The number of hydrogen-bond donors (Lipinski definition) is 0. The Kier molecular flexibility index (Phi) is 4.94. The van der Waals surface area contributed by atoms with Gasteiger partial charge in [0.15, 0.2) is 0 Å². The second-order valence-electron chi connectivity index (χ2n) is 8.45. The Morgan fingerprint density at radius 3 is 2.45 bits per heavy atom. The summed E-state index contributed by atoms with van der Waals surface area (Å²) in [5, 5.41) is 4.02. The minimum absolute atomic E-state index is 0.0329. The van der Waals surface area contributed by atoms with Crippen molar-refractivity contribution in [3.05, 3.63) is 71.4 Å². The third-order valence-electron chi connectivity index (χ3n) is 5.34. The zero-order chi connectivity index (χ0) is 20.6. The number of carbonyl (C=O) groups excluding carboxylic acids is 1. The highest BCUT2D eigenvalue weighted by Gasteiger charge is 2.34. The van der Waals surface area contributed by atoms with E-state index in [2.05, 4.69) is 30.9 Å². The van der Waals surface area contributed by atoms with Crippen molar-refractivity contribution in [1.82, 2.24) is 15.0 Å². The molecule has 0 spiro atoms. The summed E-state index contributed by atoms with van der Waals surface area (Å²) in [7, 11) is 0. The molecular formula is C23H24FN3O2. The highest BCUT2D eigenvalue weighted by atomic mass is 19.1. The smallest absolute Gasteiger partial charge is 0.254 e. The van der Waals surface area contributed by atoms with Crippen LogP contribution in [-0.2, 0) is 5.41 Å². The third-order valence-corrected chi connectivity index (χ3v) is 5.34. The zero-order valence-corrected chi connectivity index (χ0v) is 16.9. The number of hydrogen-bond acceptors (Lipinski definition) is 4. The lowest BCUT2D eigenvalue weighted by atomic mass is 9.86. The van der Waals surface area contributed by atoms with Gasteiger partial charge in [0.05, 0.1) is 0 Å². The van der Waals surface area contributed by atoms with Gasteiger partial charge in [0.1, 0.15) is 11.9 Å². The fraction of sp³-hybridized carbons (Fsp3) is 0.348. The first kappa shape index (κ1) is 19.3.